The van der Waals surface area contributed by atoms with Crippen molar-refractivity contribution in [3.05, 3.63) is 45.4 Å². The molecule has 5 heteroatoms. The molecule has 0 bridgehead atoms. The van der Waals surface area contributed by atoms with Crippen molar-refractivity contribution in [3.8, 4) is 11.1 Å². The molecule has 20 heavy (non-hydrogen) atoms. The Morgan fingerprint density at radius 3 is 2.25 bits per heavy atom. The van der Waals surface area contributed by atoms with Crippen molar-refractivity contribution in [1.82, 2.24) is 9.97 Å². The summed E-state index contributed by atoms with van der Waals surface area (Å²) < 4.78 is 0. The first kappa shape index (κ1) is 15.6. The summed E-state index contributed by atoms with van der Waals surface area (Å²) in [6.07, 6.45) is 1.77. The number of rotatable bonds is 4. The van der Waals surface area contributed by atoms with E-state index in [2.05, 4.69) is 23.8 Å². The summed E-state index contributed by atoms with van der Waals surface area (Å²) in [5, 5.41) is 1.36. The van der Waals surface area contributed by atoms with Gasteiger partial charge in [-0.15, -0.1) is 0 Å². The number of benzene rings is 1. The minimum atomic E-state index is 0.367. The van der Waals surface area contributed by atoms with Crippen molar-refractivity contribution < 1.29 is 0 Å². The van der Waals surface area contributed by atoms with Crippen molar-refractivity contribution in [1.29, 1.82) is 0 Å². The minimum absolute atomic E-state index is 0.367. The number of aromatic nitrogens is 2. The largest absolute Gasteiger partial charge is 0.220 e. The lowest BCUT2D eigenvalue weighted by Crippen LogP contribution is -2.01. The van der Waals surface area contributed by atoms with Gasteiger partial charge < -0.3 is 0 Å². The minimum Gasteiger partial charge on any atom is -0.220 e. The first-order valence-electron chi connectivity index (χ1n) is 6.45. The molecule has 0 radical (unpaired) electrons. The van der Waals surface area contributed by atoms with E-state index in [0.717, 1.165) is 18.4 Å². The molecule has 0 saturated heterocycles. The van der Waals surface area contributed by atoms with Gasteiger partial charge in [-0.1, -0.05) is 60.8 Å². The molecule has 1 heterocycles. The molecular formula is C15H15Cl3N2. The summed E-state index contributed by atoms with van der Waals surface area (Å²) in [4.78, 5) is 8.68. The summed E-state index contributed by atoms with van der Waals surface area (Å²) >= 11 is 18.5. The van der Waals surface area contributed by atoms with Crippen LogP contribution in [0.25, 0.3) is 11.1 Å². The summed E-state index contributed by atoms with van der Waals surface area (Å²) in [5.74, 6) is 1.27. The van der Waals surface area contributed by atoms with Gasteiger partial charge in [-0.25, -0.2) is 9.97 Å². The quantitative estimate of drug-likeness (QED) is 0.673. The molecule has 0 amide bonds. The molecule has 0 aliphatic carbocycles. The molecule has 0 saturated carbocycles. The van der Waals surface area contributed by atoms with Gasteiger partial charge in [0.1, 0.15) is 16.1 Å². The van der Waals surface area contributed by atoms with Crippen LogP contribution in [0.4, 0.5) is 0 Å². The second-order valence-electron chi connectivity index (χ2n) is 5.04. The van der Waals surface area contributed by atoms with Gasteiger partial charge in [-0.3, -0.25) is 0 Å². The zero-order valence-corrected chi connectivity index (χ0v) is 13.6. The molecular weight excluding hydrogens is 315 g/mol. The van der Waals surface area contributed by atoms with Gasteiger partial charge in [0, 0.05) is 11.4 Å². The van der Waals surface area contributed by atoms with Crippen LogP contribution in [0.1, 0.15) is 26.1 Å². The Bertz CT molecular complexity index is 589. The number of hydrogen-bond acceptors (Lipinski definition) is 2. The molecule has 0 aliphatic heterocycles. The standard InChI is InChI=1S/C15H15Cl3N2/c1-9(2)6-7-12-19-14(17)13(15(18)20-12)10-4-3-5-11(16)8-10/h3-5,8-9H,6-7H2,1-2H3. The highest BCUT2D eigenvalue weighted by Crippen LogP contribution is 2.33. The van der Waals surface area contributed by atoms with Gasteiger partial charge in [-0.05, 0) is 30.0 Å². The zero-order valence-electron chi connectivity index (χ0n) is 11.3. The van der Waals surface area contributed by atoms with Crippen LogP contribution in [-0.4, -0.2) is 9.97 Å². The third-order valence-electron chi connectivity index (χ3n) is 2.93. The molecule has 0 fully saturated rings. The Kier molecular flexibility index (Phi) is 5.25. The maximum atomic E-state index is 6.26. The maximum Gasteiger partial charge on any atom is 0.142 e. The van der Waals surface area contributed by atoms with E-state index < -0.39 is 0 Å². The highest BCUT2D eigenvalue weighted by Gasteiger charge is 2.14. The average molecular weight is 330 g/mol. The molecule has 2 nitrogen and oxygen atoms in total. The summed E-state index contributed by atoms with van der Waals surface area (Å²) in [6, 6.07) is 7.32. The second kappa shape index (κ2) is 6.75. The smallest absolute Gasteiger partial charge is 0.142 e. The molecule has 1 aromatic heterocycles. The Labute approximate surface area is 134 Å². The topological polar surface area (TPSA) is 25.8 Å². The number of aryl methyl sites for hydroxylation is 1. The first-order valence-corrected chi connectivity index (χ1v) is 7.58. The van der Waals surface area contributed by atoms with E-state index in [9.17, 15) is 0 Å². The fraction of sp³-hybridized carbons (Fsp3) is 0.333. The maximum absolute atomic E-state index is 6.26. The van der Waals surface area contributed by atoms with Crippen molar-refractivity contribution in [3.63, 3.8) is 0 Å². The normalized spacial score (nSPS) is 11.1. The number of hydrogen-bond donors (Lipinski definition) is 0. The molecule has 1 aromatic carbocycles. The zero-order chi connectivity index (χ0) is 14.7. The van der Waals surface area contributed by atoms with Crippen LogP contribution in [-0.2, 0) is 6.42 Å². The number of halogens is 3. The van der Waals surface area contributed by atoms with E-state index in [4.69, 9.17) is 34.8 Å². The van der Waals surface area contributed by atoms with Crippen LogP contribution in [0, 0.1) is 5.92 Å². The van der Waals surface area contributed by atoms with Crippen LogP contribution in [0.15, 0.2) is 24.3 Å². The van der Waals surface area contributed by atoms with Crippen molar-refractivity contribution >= 4 is 34.8 Å². The van der Waals surface area contributed by atoms with E-state index in [-0.39, 0.29) is 0 Å². The van der Waals surface area contributed by atoms with Crippen LogP contribution in [0.5, 0.6) is 0 Å². The van der Waals surface area contributed by atoms with Crippen molar-refractivity contribution in [2.24, 2.45) is 5.92 Å². The Morgan fingerprint density at radius 2 is 1.70 bits per heavy atom. The molecule has 0 aliphatic rings. The van der Waals surface area contributed by atoms with Gasteiger partial charge in [0.2, 0.25) is 0 Å². The predicted molar refractivity (Wildman–Crippen MR) is 85.7 cm³/mol. The second-order valence-corrected chi connectivity index (χ2v) is 6.19. The molecule has 0 unspecified atom stereocenters. The monoisotopic (exact) mass is 328 g/mol. The van der Waals surface area contributed by atoms with Gasteiger partial charge >= 0.3 is 0 Å². The lowest BCUT2D eigenvalue weighted by molar-refractivity contribution is 0.575. The van der Waals surface area contributed by atoms with Gasteiger partial charge in [-0.2, -0.15) is 0 Å². The van der Waals surface area contributed by atoms with Crippen LogP contribution >= 0.6 is 34.8 Å². The Morgan fingerprint density at radius 1 is 1.05 bits per heavy atom. The van der Waals surface area contributed by atoms with Crippen molar-refractivity contribution in [2.45, 2.75) is 26.7 Å². The van der Waals surface area contributed by atoms with E-state index in [1.165, 1.54) is 0 Å². The third-order valence-corrected chi connectivity index (χ3v) is 3.71. The SMILES string of the molecule is CC(C)CCc1nc(Cl)c(-c2cccc(Cl)c2)c(Cl)n1. The van der Waals surface area contributed by atoms with E-state index in [1.54, 1.807) is 12.1 Å². The summed E-state index contributed by atoms with van der Waals surface area (Å²) in [6.45, 7) is 4.31. The fourth-order valence-corrected chi connectivity index (χ4v) is 2.69. The van der Waals surface area contributed by atoms with Gasteiger partial charge in [0.05, 0.1) is 5.56 Å². The van der Waals surface area contributed by atoms with E-state index >= 15 is 0 Å². The van der Waals surface area contributed by atoms with Crippen LogP contribution in [0.2, 0.25) is 15.3 Å². The first-order chi connectivity index (χ1) is 9.47. The molecule has 0 atom stereocenters. The number of nitrogens with zero attached hydrogens (tertiary/aromatic N) is 2. The molecule has 106 valence electrons. The highest BCUT2D eigenvalue weighted by molar-refractivity contribution is 6.38. The summed E-state index contributed by atoms with van der Waals surface area (Å²) in [5.41, 5.74) is 1.45. The molecule has 0 spiro atoms. The lowest BCUT2D eigenvalue weighted by atomic mass is 10.1. The highest BCUT2D eigenvalue weighted by atomic mass is 35.5. The lowest BCUT2D eigenvalue weighted by Gasteiger charge is -2.09. The predicted octanol–water partition coefficient (Wildman–Crippen LogP) is 5.69. The van der Waals surface area contributed by atoms with Crippen LogP contribution in [0.3, 0.4) is 0 Å². The summed E-state index contributed by atoms with van der Waals surface area (Å²) in [7, 11) is 0. The Hall–Kier alpha value is -0.830. The Balaban J connectivity index is 2.36. The van der Waals surface area contributed by atoms with E-state index in [1.807, 2.05) is 12.1 Å². The average Bonchev–Trinajstić information content (AvgIpc) is 2.35. The van der Waals surface area contributed by atoms with Gasteiger partial charge in [0.25, 0.3) is 0 Å². The van der Waals surface area contributed by atoms with Crippen LogP contribution < -0.4 is 0 Å². The molecule has 2 aromatic rings. The third kappa shape index (κ3) is 3.85. The van der Waals surface area contributed by atoms with E-state index in [0.29, 0.717) is 32.6 Å². The fourth-order valence-electron chi connectivity index (χ4n) is 1.86. The molecule has 0 N–H and O–H groups in total. The molecule has 2 rings (SSSR count). The van der Waals surface area contributed by atoms with Crippen molar-refractivity contribution in [2.75, 3.05) is 0 Å². The van der Waals surface area contributed by atoms with Gasteiger partial charge in [0.15, 0.2) is 0 Å².